The summed E-state index contributed by atoms with van der Waals surface area (Å²) in [4.78, 5) is 24.4. The Kier molecular flexibility index (Phi) is 5.92. The number of carbonyl (C=O) groups excluding carboxylic acids is 1. The van der Waals surface area contributed by atoms with Gasteiger partial charge in [0.25, 0.3) is 11.6 Å². The molecule has 0 atom stereocenters. The van der Waals surface area contributed by atoms with Crippen LogP contribution in [0.4, 0.5) is 11.4 Å². The lowest BCUT2D eigenvalue weighted by atomic mass is 10.1. The second kappa shape index (κ2) is 7.44. The highest BCUT2D eigenvalue weighted by atomic mass is 16.6. The van der Waals surface area contributed by atoms with E-state index >= 15 is 0 Å². The van der Waals surface area contributed by atoms with Crippen molar-refractivity contribution in [2.75, 3.05) is 32.1 Å². The minimum absolute atomic E-state index is 0.140. The number of nitrogens with one attached hydrogen (secondary N) is 1. The van der Waals surface area contributed by atoms with Crippen molar-refractivity contribution in [1.29, 1.82) is 0 Å². The van der Waals surface area contributed by atoms with Crippen LogP contribution >= 0.6 is 0 Å². The smallest absolute Gasteiger partial charge is 0.293 e. The molecule has 1 aromatic carbocycles. The third-order valence-electron chi connectivity index (χ3n) is 2.87. The van der Waals surface area contributed by atoms with E-state index in [0.29, 0.717) is 6.54 Å². The maximum Gasteiger partial charge on any atom is 0.293 e. The van der Waals surface area contributed by atoms with Gasteiger partial charge >= 0.3 is 0 Å². The van der Waals surface area contributed by atoms with E-state index < -0.39 is 4.92 Å². The molecular weight excluding hydrogens is 262 g/mol. The maximum absolute atomic E-state index is 12.4. The van der Waals surface area contributed by atoms with Gasteiger partial charge in [0.05, 0.1) is 17.1 Å². The standard InChI is InChI=1S/C13H19N3O4/c1-3-7-15(8-9-17)13(18)10-5-4-6-11(16(19)20)12(10)14-2/h4-6,14,17H,3,7-9H2,1-2H3. The summed E-state index contributed by atoms with van der Waals surface area (Å²) < 4.78 is 0. The molecule has 1 amide bonds. The fourth-order valence-corrected chi connectivity index (χ4v) is 2.01. The van der Waals surface area contributed by atoms with Crippen LogP contribution in [0.2, 0.25) is 0 Å². The number of amides is 1. The summed E-state index contributed by atoms with van der Waals surface area (Å²) in [5, 5.41) is 22.7. The molecule has 7 nitrogen and oxygen atoms in total. The summed E-state index contributed by atoms with van der Waals surface area (Å²) in [5.74, 6) is -0.325. The molecule has 1 rings (SSSR count). The predicted octanol–water partition coefficient (Wildman–Crippen LogP) is 1.48. The average molecular weight is 281 g/mol. The van der Waals surface area contributed by atoms with E-state index in [-0.39, 0.29) is 36.0 Å². The van der Waals surface area contributed by atoms with Crippen molar-refractivity contribution >= 4 is 17.3 Å². The van der Waals surface area contributed by atoms with Crippen molar-refractivity contribution < 1.29 is 14.8 Å². The van der Waals surface area contributed by atoms with Crippen LogP contribution in [0.15, 0.2) is 18.2 Å². The van der Waals surface area contributed by atoms with Gasteiger partial charge in [-0.1, -0.05) is 13.0 Å². The van der Waals surface area contributed by atoms with Crippen molar-refractivity contribution in [3.63, 3.8) is 0 Å². The monoisotopic (exact) mass is 281 g/mol. The largest absolute Gasteiger partial charge is 0.395 e. The van der Waals surface area contributed by atoms with Gasteiger partial charge in [0.15, 0.2) is 0 Å². The summed E-state index contributed by atoms with van der Waals surface area (Å²) in [6, 6.07) is 4.37. The Morgan fingerprint density at radius 3 is 2.65 bits per heavy atom. The molecule has 2 N–H and O–H groups in total. The Balaban J connectivity index is 3.20. The lowest BCUT2D eigenvalue weighted by Crippen LogP contribution is -2.34. The topological polar surface area (TPSA) is 95.7 Å². The molecule has 0 fully saturated rings. The van der Waals surface area contributed by atoms with Gasteiger partial charge in [-0.15, -0.1) is 0 Å². The van der Waals surface area contributed by atoms with E-state index in [1.807, 2.05) is 6.92 Å². The van der Waals surface area contributed by atoms with Gasteiger partial charge in [-0.05, 0) is 12.5 Å². The highest BCUT2D eigenvalue weighted by Gasteiger charge is 2.23. The van der Waals surface area contributed by atoms with E-state index in [1.54, 1.807) is 6.07 Å². The zero-order valence-electron chi connectivity index (χ0n) is 11.6. The second-order valence-electron chi connectivity index (χ2n) is 4.22. The number of para-hydroxylation sites is 1. The molecule has 110 valence electrons. The second-order valence-corrected chi connectivity index (χ2v) is 4.22. The maximum atomic E-state index is 12.4. The first-order valence-electron chi connectivity index (χ1n) is 6.42. The van der Waals surface area contributed by atoms with Gasteiger partial charge in [-0.3, -0.25) is 14.9 Å². The summed E-state index contributed by atoms with van der Waals surface area (Å²) in [6.07, 6.45) is 0.746. The molecule has 1 aromatic rings. The first kappa shape index (κ1) is 15.9. The van der Waals surface area contributed by atoms with E-state index in [1.165, 1.54) is 24.1 Å². The number of rotatable bonds is 7. The number of nitrogens with zero attached hydrogens (tertiary/aromatic N) is 2. The van der Waals surface area contributed by atoms with Crippen LogP contribution in [0.1, 0.15) is 23.7 Å². The molecule has 0 aliphatic carbocycles. The third-order valence-corrected chi connectivity index (χ3v) is 2.87. The lowest BCUT2D eigenvalue weighted by Gasteiger charge is -2.22. The molecule has 0 heterocycles. The summed E-state index contributed by atoms with van der Waals surface area (Å²) in [5.41, 5.74) is 0.295. The fraction of sp³-hybridized carbons (Fsp3) is 0.462. The first-order valence-corrected chi connectivity index (χ1v) is 6.42. The van der Waals surface area contributed by atoms with Crippen LogP contribution in [0.3, 0.4) is 0 Å². The Hall–Kier alpha value is -2.15. The number of nitro groups is 1. The molecule has 0 bridgehead atoms. The minimum atomic E-state index is -0.529. The Morgan fingerprint density at radius 2 is 2.15 bits per heavy atom. The van der Waals surface area contributed by atoms with Crippen molar-refractivity contribution in [2.45, 2.75) is 13.3 Å². The van der Waals surface area contributed by atoms with Gasteiger partial charge in [-0.25, -0.2) is 0 Å². The Morgan fingerprint density at radius 1 is 1.45 bits per heavy atom. The summed E-state index contributed by atoms with van der Waals surface area (Å²) in [7, 11) is 1.54. The van der Waals surface area contributed by atoms with Gasteiger partial charge in [0.2, 0.25) is 0 Å². The lowest BCUT2D eigenvalue weighted by molar-refractivity contribution is -0.384. The van der Waals surface area contributed by atoms with Gasteiger partial charge in [0.1, 0.15) is 5.69 Å². The summed E-state index contributed by atoms with van der Waals surface area (Å²) in [6.45, 7) is 2.48. The SMILES string of the molecule is CCCN(CCO)C(=O)c1cccc([N+](=O)[O-])c1NC. The number of aliphatic hydroxyl groups is 1. The highest BCUT2D eigenvalue weighted by molar-refractivity contribution is 6.01. The number of nitro benzene ring substituents is 1. The van der Waals surface area contributed by atoms with Gasteiger partial charge in [-0.2, -0.15) is 0 Å². The molecule has 0 saturated heterocycles. The van der Waals surface area contributed by atoms with E-state index in [0.717, 1.165) is 6.42 Å². The molecule has 0 aliphatic rings. The number of carbonyl (C=O) groups is 1. The average Bonchev–Trinajstić information content (AvgIpc) is 2.45. The first-order chi connectivity index (χ1) is 9.56. The van der Waals surface area contributed by atoms with E-state index in [4.69, 9.17) is 5.11 Å². The number of benzene rings is 1. The van der Waals surface area contributed by atoms with E-state index in [9.17, 15) is 14.9 Å². The molecule has 0 aliphatic heterocycles. The van der Waals surface area contributed by atoms with Gasteiger partial charge < -0.3 is 15.3 Å². The van der Waals surface area contributed by atoms with Crippen molar-refractivity contribution in [3.05, 3.63) is 33.9 Å². The Labute approximate surface area is 117 Å². The van der Waals surface area contributed by atoms with Crippen molar-refractivity contribution in [1.82, 2.24) is 4.90 Å². The number of anilines is 1. The number of hydrogen-bond donors (Lipinski definition) is 2. The quantitative estimate of drug-likeness (QED) is 0.583. The Bertz CT molecular complexity index is 485. The van der Waals surface area contributed by atoms with Crippen molar-refractivity contribution in [3.8, 4) is 0 Å². The van der Waals surface area contributed by atoms with Crippen LogP contribution < -0.4 is 5.32 Å². The molecule has 20 heavy (non-hydrogen) atoms. The molecule has 0 radical (unpaired) electrons. The fourth-order valence-electron chi connectivity index (χ4n) is 2.01. The zero-order chi connectivity index (χ0) is 15.1. The molecule has 0 aromatic heterocycles. The van der Waals surface area contributed by atoms with Crippen LogP contribution in [0.5, 0.6) is 0 Å². The predicted molar refractivity (Wildman–Crippen MR) is 75.9 cm³/mol. The summed E-state index contributed by atoms with van der Waals surface area (Å²) >= 11 is 0. The molecule has 0 spiro atoms. The highest BCUT2D eigenvalue weighted by Crippen LogP contribution is 2.28. The van der Waals surface area contributed by atoms with Crippen LogP contribution in [0, 0.1) is 10.1 Å². The van der Waals surface area contributed by atoms with Gasteiger partial charge in [0, 0.05) is 26.2 Å². The normalized spacial score (nSPS) is 10.2. The zero-order valence-corrected chi connectivity index (χ0v) is 11.6. The van der Waals surface area contributed by atoms with E-state index in [2.05, 4.69) is 5.32 Å². The third kappa shape index (κ3) is 3.45. The number of hydrogen-bond acceptors (Lipinski definition) is 5. The minimum Gasteiger partial charge on any atom is -0.395 e. The number of aliphatic hydroxyl groups excluding tert-OH is 1. The molecular formula is C13H19N3O4. The van der Waals surface area contributed by atoms with Crippen LogP contribution in [-0.4, -0.2) is 47.6 Å². The molecule has 7 heteroatoms. The van der Waals surface area contributed by atoms with Crippen LogP contribution in [0.25, 0.3) is 0 Å². The molecule has 0 unspecified atom stereocenters. The molecule has 0 saturated carbocycles. The van der Waals surface area contributed by atoms with Crippen LogP contribution in [-0.2, 0) is 0 Å². The van der Waals surface area contributed by atoms with Crippen molar-refractivity contribution in [2.24, 2.45) is 0 Å².